The molecule has 0 aromatic heterocycles. The van der Waals surface area contributed by atoms with Crippen LogP contribution in [-0.2, 0) is 4.79 Å². The Balaban J connectivity index is 2.35. The van der Waals surface area contributed by atoms with E-state index >= 15 is 0 Å². The molecule has 1 atom stereocenters. The second-order valence-electron chi connectivity index (χ2n) is 3.36. The van der Waals surface area contributed by atoms with Crippen LogP contribution in [0.1, 0.15) is 6.92 Å². The summed E-state index contributed by atoms with van der Waals surface area (Å²) in [4.78, 5) is 13.0. The van der Waals surface area contributed by atoms with Crippen LogP contribution >= 0.6 is 0 Å². The summed E-state index contributed by atoms with van der Waals surface area (Å²) in [6, 6.07) is 0.259. The normalized spacial score (nSPS) is 26.3. The highest BCUT2D eigenvalue weighted by atomic mass is 16.1. The van der Waals surface area contributed by atoms with Gasteiger partial charge in [0.15, 0.2) is 0 Å². The Kier molecular flexibility index (Phi) is 3.49. The molecule has 0 spiro atoms. The summed E-state index contributed by atoms with van der Waals surface area (Å²) in [6.45, 7) is 5.43. The molecule has 0 aromatic carbocycles. The predicted molar refractivity (Wildman–Crippen MR) is 48.0 cm³/mol. The van der Waals surface area contributed by atoms with Crippen LogP contribution in [-0.4, -0.2) is 50.1 Å². The van der Waals surface area contributed by atoms with Gasteiger partial charge in [0.2, 0.25) is 5.91 Å². The Morgan fingerprint density at radius 1 is 1.67 bits per heavy atom. The molecule has 0 saturated carbocycles. The van der Waals surface area contributed by atoms with E-state index in [0.717, 1.165) is 26.2 Å². The van der Waals surface area contributed by atoms with Gasteiger partial charge in [0.1, 0.15) is 0 Å². The summed E-state index contributed by atoms with van der Waals surface area (Å²) in [6.07, 6.45) is 0. The van der Waals surface area contributed by atoms with Crippen LogP contribution in [0.15, 0.2) is 0 Å². The standard InChI is InChI=1S/C8H17N3O/c1-7(12)10-8-5-9-3-4-11(2)6-8/h8-9H,3-6H2,1-2H3,(H,10,12). The molecule has 1 aliphatic heterocycles. The zero-order chi connectivity index (χ0) is 8.97. The monoisotopic (exact) mass is 171 g/mol. The van der Waals surface area contributed by atoms with Gasteiger partial charge in [-0.15, -0.1) is 0 Å². The molecule has 0 aliphatic carbocycles. The molecule has 12 heavy (non-hydrogen) atoms. The number of amides is 1. The van der Waals surface area contributed by atoms with E-state index < -0.39 is 0 Å². The van der Waals surface area contributed by atoms with E-state index in [0.29, 0.717) is 0 Å². The van der Waals surface area contributed by atoms with Crippen molar-refractivity contribution >= 4 is 5.91 Å². The second kappa shape index (κ2) is 4.42. The number of carbonyl (C=O) groups excluding carboxylic acids is 1. The minimum atomic E-state index is 0.0529. The lowest BCUT2D eigenvalue weighted by Gasteiger charge is -2.19. The predicted octanol–water partition coefficient (Wildman–Crippen LogP) is -0.974. The van der Waals surface area contributed by atoms with Crippen LogP contribution in [0.4, 0.5) is 0 Å². The zero-order valence-electron chi connectivity index (χ0n) is 7.76. The molecule has 1 saturated heterocycles. The van der Waals surface area contributed by atoms with E-state index in [-0.39, 0.29) is 11.9 Å². The van der Waals surface area contributed by atoms with Crippen LogP contribution in [0.2, 0.25) is 0 Å². The smallest absolute Gasteiger partial charge is 0.217 e. The molecule has 0 radical (unpaired) electrons. The molecule has 1 amide bonds. The van der Waals surface area contributed by atoms with Gasteiger partial charge in [0, 0.05) is 33.1 Å². The Labute approximate surface area is 73.3 Å². The van der Waals surface area contributed by atoms with Gasteiger partial charge in [0.25, 0.3) is 0 Å². The zero-order valence-corrected chi connectivity index (χ0v) is 7.76. The van der Waals surface area contributed by atoms with Gasteiger partial charge in [-0.25, -0.2) is 0 Å². The highest BCUT2D eigenvalue weighted by Gasteiger charge is 2.14. The van der Waals surface area contributed by atoms with Crippen molar-refractivity contribution in [1.82, 2.24) is 15.5 Å². The van der Waals surface area contributed by atoms with Gasteiger partial charge < -0.3 is 15.5 Å². The van der Waals surface area contributed by atoms with Crippen LogP contribution < -0.4 is 10.6 Å². The van der Waals surface area contributed by atoms with E-state index in [9.17, 15) is 4.79 Å². The SMILES string of the molecule is CC(=O)NC1CNCCN(C)C1. The number of hydrogen-bond donors (Lipinski definition) is 2. The summed E-state index contributed by atoms with van der Waals surface area (Å²) >= 11 is 0. The lowest BCUT2D eigenvalue weighted by atomic mass is 10.3. The molecular formula is C8H17N3O. The van der Waals surface area contributed by atoms with Gasteiger partial charge in [-0.05, 0) is 7.05 Å². The Hall–Kier alpha value is -0.610. The number of hydrogen-bond acceptors (Lipinski definition) is 3. The Morgan fingerprint density at radius 3 is 3.08 bits per heavy atom. The number of carbonyl (C=O) groups is 1. The van der Waals surface area contributed by atoms with Crippen LogP contribution in [0.3, 0.4) is 0 Å². The van der Waals surface area contributed by atoms with Crippen molar-refractivity contribution in [3.8, 4) is 0 Å². The number of likely N-dealkylation sites (N-methyl/N-ethyl adjacent to an activating group) is 1. The van der Waals surface area contributed by atoms with Crippen LogP contribution in [0.25, 0.3) is 0 Å². The molecule has 1 rings (SSSR count). The molecule has 4 nitrogen and oxygen atoms in total. The molecule has 1 unspecified atom stereocenters. The first-order valence-electron chi connectivity index (χ1n) is 4.35. The third-order valence-electron chi connectivity index (χ3n) is 2.00. The van der Waals surface area contributed by atoms with E-state index in [1.165, 1.54) is 0 Å². The fourth-order valence-corrected chi connectivity index (χ4v) is 1.46. The van der Waals surface area contributed by atoms with Crippen molar-refractivity contribution in [1.29, 1.82) is 0 Å². The molecule has 1 aliphatic rings. The summed E-state index contributed by atoms with van der Waals surface area (Å²) in [5, 5.41) is 6.19. The maximum atomic E-state index is 10.8. The van der Waals surface area contributed by atoms with Crippen molar-refractivity contribution in [2.75, 3.05) is 33.2 Å². The molecule has 1 heterocycles. The van der Waals surface area contributed by atoms with Crippen LogP contribution in [0, 0.1) is 0 Å². The maximum Gasteiger partial charge on any atom is 0.217 e. The van der Waals surface area contributed by atoms with Gasteiger partial charge >= 0.3 is 0 Å². The van der Waals surface area contributed by atoms with Crippen molar-refractivity contribution in [2.45, 2.75) is 13.0 Å². The number of nitrogens with one attached hydrogen (secondary N) is 2. The summed E-state index contributed by atoms with van der Waals surface area (Å²) in [5.74, 6) is 0.0529. The summed E-state index contributed by atoms with van der Waals surface area (Å²) in [5.41, 5.74) is 0. The molecule has 4 heteroatoms. The second-order valence-corrected chi connectivity index (χ2v) is 3.36. The highest BCUT2D eigenvalue weighted by Crippen LogP contribution is 1.92. The van der Waals surface area contributed by atoms with Crippen molar-refractivity contribution in [3.05, 3.63) is 0 Å². The van der Waals surface area contributed by atoms with Crippen molar-refractivity contribution in [3.63, 3.8) is 0 Å². The average Bonchev–Trinajstić information content (AvgIpc) is 2.12. The first-order chi connectivity index (χ1) is 5.68. The highest BCUT2D eigenvalue weighted by molar-refractivity contribution is 5.73. The molecular weight excluding hydrogens is 154 g/mol. The Morgan fingerprint density at radius 2 is 2.42 bits per heavy atom. The largest absolute Gasteiger partial charge is 0.351 e. The number of nitrogens with zero attached hydrogens (tertiary/aromatic N) is 1. The fraction of sp³-hybridized carbons (Fsp3) is 0.875. The third-order valence-corrected chi connectivity index (χ3v) is 2.00. The summed E-state index contributed by atoms with van der Waals surface area (Å²) < 4.78 is 0. The minimum Gasteiger partial charge on any atom is -0.351 e. The van der Waals surface area contributed by atoms with Gasteiger partial charge in [-0.1, -0.05) is 0 Å². The van der Waals surface area contributed by atoms with E-state index in [2.05, 4.69) is 22.6 Å². The first kappa shape index (κ1) is 9.48. The fourth-order valence-electron chi connectivity index (χ4n) is 1.46. The first-order valence-corrected chi connectivity index (χ1v) is 4.35. The third kappa shape index (κ3) is 3.19. The van der Waals surface area contributed by atoms with Gasteiger partial charge in [-0.3, -0.25) is 4.79 Å². The Bertz CT molecular complexity index is 160. The maximum absolute atomic E-state index is 10.8. The summed E-state index contributed by atoms with van der Waals surface area (Å²) in [7, 11) is 2.07. The van der Waals surface area contributed by atoms with Crippen molar-refractivity contribution < 1.29 is 4.79 Å². The van der Waals surface area contributed by atoms with Crippen LogP contribution in [0.5, 0.6) is 0 Å². The lowest BCUT2D eigenvalue weighted by Crippen LogP contribution is -2.44. The topological polar surface area (TPSA) is 44.4 Å². The van der Waals surface area contributed by atoms with Crippen molar-refractivity contribution in [2.24, 2.45) is 0 Å². The minimum absolute atomic E-state index is 0.0529. The number of rotatable bonds is 1. The van der Waals surface area contributed by atoms with E-state index in [1.807, 2.05) is 0 Å². The molecule has 1 fully saturated rings. The van der Waals surface area contributed by atoms with E-state index in [1.54, 1.807) is 6.92 Å². The molecule has 0 bridgehead atoms. The van der Waals surface area contributed by atoms with Gasteiger partial charge in [0.05, 0.1) is 6.04 Å². The van der Waals surface area contributed by atoms with E-state index in [4.69, 9.17) is 0 Å². The molecule has 2 N–H and O–H groups in total. The average molecular weight is 171 g/mol. The quantitative estimate of drug-likeness (QED) is 0.533. The van der Waals surface area contributed by atoms with Gasteiger partial charge in [-0.2, -0.15) is 0 Å². The lowest BCUT2D eigenvalue weighted by molar-refractivity contribution is -0.119. The molecule has 70 valence electrons. The molecule has 0 aromatic rings.